The maximum absolute atomic E-state index is 15.1. The van der Waals surface area contributed by atoms with Crippen molar-refractivity contribution in [3.63, 3.8) is 0 Å². The first kappa shape index (κ1) is 20.3. The summed E-state index contributed by atoms with van der Waals surface area (Å²) < 4.78 is 62.2. The van der Waals surface area contributed by atoms with E-state index in [1.54, 1.807) is 0 Å². The molecule has 3 N–H and O–H groups in total. The van der Waals surface area contributed by atoms with Gasteiger partial charge in [-0.05, 0) is 31.4 Å². The Morgan fingerprint density at radius 2 is 1.97 bits per heavy atom. The zero-order valence-electron chi connectivity index (χ0n) is 15.7. The topological polar surface area (TPSA) is 93.3 Å². The van der Waals surface area contributed by atoms with Crippen molar-refractivity contribution in [1.82, 2.24) is 14.5 Å². The van der Waals surface area contributed by atoms with Gasteiger partial charge in [0.25, 0.3) is 5.56 Å². The molecule has 0 bridgehead atoms. The number of aromatic amines is 1. The highest BCUT2D eigenvalue weighted by atomic mass is 19.4. The molecule has 4 atom stereocenters. The molecule has 29 heavy (non-hydrogen) atoms. The Morgan fingerprint density at radius 1 is 1.28 bits per heavy atom. The van der Waals surface area contributed by atoms with Crippen LogP contribution in [0.4, 0.5) is 17.6 Å². The third kappa shape index (κ3) is 3.34. The fourth-order valence-electron chi connectivity index (χ4n) is 4.57. The molecule has 1 saturated carbocycles. The maximum atomic E-state index is 15.1. The molecule has 11 heteroatoms. The minimum absolute atomic E-state index is 0.0287. The fourth-order valence-corrected chi connectivity index (χ4v) is 4.57. The average molecular weight is 418 g/mol. The third-order valence-corrected chi connectivity index (χ3v) is 6.09. The summed E-state index contributed by atoms with van der Waals surface area (Å²) in [6, 6.07) is -1.31. The highest BCUT2D eigenvalue weighted by Crippen LogP contribution is 2.45. The molecule has 1 aromatic heterocycles. The number of methoxy groups -OCH3 is 1. The van der Waals surface area contributed by atoms with Crippen molar-refractivity contribution in [1.29, 1.82) is 0 Å². The van der Waals surface area contributed by atoms with Crippen molar-refractivity contribution < 1.29 is 22.3 Å². The fraction of sp³-hybridized carbons (Fsp3) is 0.667. The van der Waals surface area contributed by atoms with Crippen molar-refractivity contribution in [2.45, 2.75) is 37.2 Å². The lowest BCUT2D eigenvalue weighted by Crippen LogP contribution is -2.46. The van der Waals surface area contributed by atoms with Gasteiger partial charge >= 0.3 is 11.9 Å². The first-order chi connectivity index (χ1) is 13.7. The molecule has 1 aromatic rings. The van der Waals surface area contributed by atoms with Crippen LogP contribution in [0.15, 0.2) is 15.4 Å². The lowest BCUT2D eigenvalue weighted by molar-refractivity contribution is -0.180. The summed E-state index contributed by atoms with van der Waals surface area (Å²) in [5, 5.41) is 0. The summed E-state index contributed by atoms with van der Waals surface area (Å²) >= 11 is 0. The van der Waals surface area contributed by atoms with E-state index in [4.69, 9.17) is 10.5 Å². The van der Waals surface area contributed by atoms with Gasteiger partial charge in [-0.3, -0.25) is 19.2 Å². The normalized spacial score (nSPS) is 30.3. The van der Waals surface area contributed by atoms with Crippen LogP contribution in [0.3, 0.4) is 0 Å². The van der Waals surface area contributed by atoms with Crippen molar-refractivity contribution in [2.24, 2.45) is 17.6 Å². The van der Waals surface area contributed by atoms with Crippen molar-refractivity contribution in [2.75, 3.05) is 26.7 Å². The Morgan fingerprint density at radius 3 is 2.48 bits per heavy atom. The monoisotopic (exact) mass is 418 g/mol. The molecule has 1 aliphatic heterocycles. The molecule has 3 aliphatic rings. The molecule has 0 radical (unpaired) electrons. The molecule has 4 unspecified atom stereocenters. The number of nitrogens with one attached hydrogen (secondary N) is 1. The lowest BCUT2D eigenvalue weighted by Gasteiger charge is -2.37. The van der Waals surface area contributed by atoms with Gasteiger partial charge in [0.2, 0.25) is 0 Å². The van der Waals surface area contributed by atoms with Crippen LogP contribution in [0.1, 0.15) is 36.2 Å². The van der Waals surface area contributed by atoms with Gasteiger partial charge in [-0.1, -0.05) is 0 Å². The average Bonchev–Trinajstić information content (AvgIpc) is 3.37. The van der Waals surface area contributed by atoms with E-state index in [9.17, 15) is 22.8 Å². The number of nitrogens with zero attached hydrogens (tertiary/aromatic N) is 2. The van der Waals surface area contributed by atoms with Gasteiger partial charge in [0.1, 0.15) is 11.9 Å². The van der Waals surface area contributed by atoms with E-state index < -0.39 is 53.8 Å². The number of H-pyrrole nitrogens is 1. The number of nitrogens with two attached hydrogens (primary N) is 1. The van der Waals surface area contributed by atoms with Gasteiger partial charge in [-0.25, -0.2) is 9.18 Å². The molecule has 2 aliphatic carbocycles. The van der Waals surface area contributed by atoms with Crippen LogP contribution in [0.2, 0.25) is 0 Å². The minimum atomic E-state index is -4.46. The standard InChI is InChI=1S/C18H22F4N4O3/c1-29-15-13-10(16(27)24-17(28)26(13)9-2-3-9)4-12(19)14(15)25-6-8(5-23)11(7-25)18(20,21)22/h4,8-9,11,14-15H,2-3,5-7,23H2,1H3,(H,24,27,28). The predicted molar refractivity (Wildman–Crippen MR) is 95.9 cm³/mol. The smallest absolute Gasteiger partial charge is 0.373 e. The van der Waals surface area contributed by atoms with Gasteiger partial charge in [0, 0.05) is 26.2 Å². The molecule has 1 saturated heterocycles. The Hall–Kier alpha value is -1.98. The number of hydrogen-bond acceptors (Lipinski definition) is 5. The molecular formula is C18H22F4N4O3. The second-order valence-electron chi connectivity index (χ2n) is 7.89. The lowest BCUT2D eigenvalue weighted by atomic mass is 9.93. The number of hydrogen-bond donors (Lipinski definition) is 2. The number of alkyl halides is 3. The predicted octanol–water partition coefficient (Wildman–Crippen LogP) is 1.32. The number of fused-ring (bicyclic) bond motifs is 1. The highest BCUT2D eigenvalue weighted by Gasteiger charge is 2.53. The zero-order chi connectivity index (χ0) is 21.1. The van der Waals surface area contributed by atoms with Crippen LogP contribution in [-0.2, 0) is 4.74 Å². The van der Waals surface area contributed by atoms with E-state index in [2.05, 4.69) is 4.98 Å². The molecule has 160 valence electrons. The molecular weight excluding hydrogens is 396 g/mol. The van der Waals surface area contributed by atoms with Gasteiger partial charge in [0.05, 0.1) is 23.2 Å². The first-order valence-corrected chi connectivity index (χ1v) is 9.46. The summed E-state index contributed by atoms with van der Waals surface area (Å²) in [5.74, 6) is -3.31. The van der Waals surface area contributed by atoms with Gasteiger partial charge in [-0.15, -0.1) is 0 Å². The van der Waals surface area contributed by atoms with Crippen LogP contribution in [-0.4, -0.2) is 53.4 Å². The molecule has 7 nitrogen and oxygen atoms in total. The third-order valence-electron chi connectivity index (χ3n) is 6.09. The van der Waals surface area contributed by atoms with Crippen molar-refractivity contribution >= 4 is 6.08 Å². The van der Waals surface area contributed by atoms with Gasteiger partial charge in [-0.2, -0.15) is 13.2 Å². The van der Waals surface area contributed by atoms with E-state index in [1.807, 2.05) is 0 Å². The van der Waals surface area contributed by atoms with E-state index in [-0.39, 0.29) is 30.4 Å². The molecule has 0 amide bonds. The second kappa shape index (κ2) is 7.06. The van der Waals surface area contributed by atoms with Crippen LogP contribution >= 0.6 is 0 Å². The molecule has 2 heterocycles. The number of likely N-dealkylation sites (tertiary alicyclic amines) is 1. The van der Waals surface area contributed by atoms with Crippen LogP contribution in [0.25, 0.3) is 6.08 Å². The molecule has 2 fully saturated rings. The highest BCUT2D eigenvalue weighted by molar-refractivity contribution is 5.58. The van der Waals surface area contributed by atoms with Crippen molar-refractivity contribution in [3.8, 4) is 0 Å². The van der Waals surface area contributed by atoms with Gasteiger partial charge < -0.3 is 10.5 Å². The number of ether oxygens (including phenoxy) is 1. The van der Waals surface area contributed by atoms with E-state index in [0.717, 1.165) is 18.9 Å². The zero-order valence-corrected chi connectivity index (χ0v) is 15.7. The van der Waals surface area contributed by atoms with E-state index in [0.29, 0.717) is 0 Å². The van der Waals surface area contributed by atoms with Crippen LogP contribution in [0.5, 0.6) is 0 Å². The van der Waals surface area contributed by atoms with E-state index >= 15 is 4.39 Å². The van der Waals surface area contributed by atoms with Crippen LogP contribution < -0.4 is 17.0 Å². The largest absolute Gasteiger partial charge is 0.393 e. The van der Waals surface area contributed by atoms with Gasteiger partial charge in [0.15, 0.2) is 0 Å². The molecule has 0 spiro atoms. The number of rotatable bonds is 4. The Bertz CT molecular complexity index is 950. The summed E-state index contributed by atoms with van der Waals surface area (Å²) in [4.78, 5) is 28.2. The summed E-state index contributed by atoms with van der Waals surface area (Å²) in [7, 11) is 1.29. The SMILES string of the molecule is COC1c2c(c(=O)[nH]c(=O)n2C2CC2)C=C(F)C1N1CC(CN)C(C(F)(F)F)C1. The van der Waals surface area contributed by atoms with E-state index in [1.165, 1.54) is 16.6 Å². The summed E-state index contributed by atoms with van der Waals surface area (Å²) in [5.41, 5.74) is 4.37. The summed E-state index contributed by atoms with van der Waals surface area (Å²) in [6.07, 6.45) is -3.09. The Balaban J connectivity index is 1.79. The number of aromatic nitrogens is 2. The Kier molecular flexibility index (Phi) is 4.94. The first-order valence-electron chi connectivity index (χ1n) is 9.46. The summed E-state index contributed by atoms with van der Waals surface area (Å²) in [6.45, 7) is -0.665. The minimum Gasteiger partial charge on any atom is -0.373 e. The molecule has 0 aromatic carbocycles. The molecule has 4 rings (SSSR count). The Labute approximate surface area is 163 Å². The van der Waals surface area contributed by atoms with Crippen LogP contribution in [0, 0.1) is 11.8 Å². The quantitative estimate of drug-likeness (QED) is 0.720. The second-order valence-corrected chi connectivity index (χ2v) is 7.89. The maximum Gasteiger partial charge on any atom is 0.393 e. The number of halogens is 4. The van der Waals surface area contributed by atoms with Crippen molar-refractivity contribution in [3.05, 3.63) is 37.9 Å².